The summed E-state index contributed by atoms with van der Waals surface area (Å²) in [5, 5.41) is 4.06. The first-order chi connectivity index (χ1) is 6.27. The van der Waals surface area contributed by atoms with Gasteiger partial charge in [-0.15, -0.1) is 0 Å². The average Bonchev–Trinajstić information content (AvgIpc) is 2.50. The van der Waals surface area contributed by atoms with Crippen LogP contribution in [-0.4, -0.2) is 15.9 Å². The molecule has 0 bridgehead atoms. The number of aryl methyl sites for hydroxylation is 1. The molecule has 0 unspecified atom stereocenters. The molecule has 1 heterocycles. The first-order valence-electron chi connectivity index (χ1n) is 4.45. The van der Waals surface area contributed by atoms with Crippen LogP contribution in [0.2, 0.25) is 0 Å². The predicted molar refractivity (Wildman–Crippen MR) is 58.0 cm³/mol. The molecule has 1 rings (SSSR count). The van der Waals surface area contributed by atoms with E-state index in [0.717, 1.165) is 11.5 Å². The third-order valence-corrected chi connectivity index (χ3v) is 1.26. The van der Waals surface area contributed by atoms with Crippen LogP contribution in [0.4, 0.5) is 0 Å². The number of hydrogen-bond acceptors (Lipinski definition) is 2. The molecule has 0 saturated carbocycles. The molecule has 0 aromatic carbocycles. The van der Waals surface area contributed by atoms with Crippen LogP contribution >= 0.6 is 0 Å². The van der Waals surface area contributed by atoms with E-state index in [-0.39, 0.29) is 0 Å². The van der Waals surface area contributed by atoms with Crippen molar-refractivity contribution in [3.05, 3.63) is 24.3 Å². The largest absolute Gasteiger partial charge is 0.232 e. The average molecular weight is 179 g/mol. The van der Waals surface area contributed by atoms with Gasteiger partial charge in [-0.1, -0.05) is 20.4 Å². The molecule has 1 aromatic rings. The molecule has 0 fully saturated rings. The second kappa shape index (κ2) is 6.17. The van der Waals surface area contributed by atoms with E-state index in [1.54, 1.807) is 17.0 Å². The summed E-state index contributed by atoms with van der Waals surface area (Å²) in [5.41, 5.74) is 0.950. The van der Waals surface area contributed by atoms with Crippen LogP contribution in [0.5, 0.6) is 0 Å². The standard InChI is InChI=1S/C8H11N3.C2H6/c1-4-8-10-7(3)6-11(8)9-5-2;1-2/h4-6H,1H2,2-3H3;1-2H3/b9-5-;. The summed E-state index contributed by atoms with van der Waals surface area (Å²) in [6.07, 6.45) is 5.26. The van der Waals surface area contributed by atoms with Gasteiger partial charge < -0.3 is 0 Å². The molecule has 1 aromatic heterocycles. The minimum Gasteiger partial charge on any atom is -0.232 e. The van der Waals surface area contributed by atoms with Crippen LogP contribution in [-0.2, 0) is 0 Å². The van der Waals surface area contributed by atoms with Gasteiger partial charge in [-0.3, -0.25) is 0 Å². The first-order valence-corrected chi connectivity index (χ1v) is 4.45. The highest BCUT2D eigenvalue weighted by molar-refractivity contribution is 5.53. The maximum absolute atomic E-state index is 4.18. The zero-order valence-corrected chi connectivity index (χ0v) is 8.78. The Morgan fingerprint density at radius 3 is 2.62 bits per heavy atom. The van der Waals surface area contributed by atoms with E-state index in [1.807, 2.05) is 33.9 Å². The summed E-state index contributed by atoms with van der Waals surface area (Å²) in [6.45, 7) is 11.4. The number of nitrogens with zero attached hydrogens (tertiary/aromatic N) is 3. The highest BCUT2D eigenvalue weighted by Gasteiger charge is 1.97. The summed E-state index contributed by atoms with van der Waals surface area (Å²) in [7, 11) is 0. The maximum atomic E-state index is 4.18. The molecular weight excluding hydrogens is 162 g/mol. The topological polar surface area (TPSA) is 30.2 Å². The normalized spacial score (nSPS) is 9.54. The van der Waals surface area contributed by atoms with Gasteiger partial charge >= 0.3 is 0 Å². The van der Waals surface area contributed by atoms with Crippen LogP contribution in [0.25, 0.3) is 6.08 Å². The number of rotatable bonds is 2. The van der Waals surface area contributed by atoms with Crippen molar-refractivity contribution in [1.29, 1.82) is 0 Å². The highest BCUT2D eigenvalue weighted by Crippen LogP contribution is 2.02. The Kier molecular flexibility index (Phi) is 5.52. The van der Waals surface area contributed by atoms with E-state index in [0.29, 0.717) is 0 Å². The van der Waals surface area contributed by atoms with Crippen LogP contribution in [0.1, 0.15) is 32.3 Å². The Bertz CT molecular complexity index is 284. The van der Waals surface area contributed by atoms with Gasteiger partial charge in [0.25, 0.3) is 0 Å². The molecule has 0 saturated heterocycles. The second-order valence-corrected chi connectivity index (χ2v) is 2.16. The van der Waals surface area contributed by atoms with Crippen LogP contribution in [0.15, 0.2) is 17.9 Å². The number of hydrogen-bond donors (Lipinski definition) is 0. The van der Waals surface area contributed by atoms with Crippen molar-refractivity contribution in [3.63, 3.8) is 0 Å². The smallest absolute Gasteiger partial charge is 0.153 e. The molecular formula is C10H17N3. The van der Waals surface area contributed by atoms with E-state index in [4.69, 9.17) is 0 Å². The van der Waals surface area contributed by atoms with Gasteiger partial charge in [0.2, 0.25) is 0 Å². The lowest BCUT2D eigenvalue weighted by molar-refractivity contribution is 0.866. The highest BCUT2D eigenvalue weighted by atomic mass is 15.4. The number of imidazole rings is 1. The molecule has 0 atom stereocenters. The zero-order valence-electron chi connectivity index (χ0n) is 8.78. The molecule has 0 amide bonds. The lowest BCUT2D eigenvalue weighted by Crippen LogP contribution is -1.89. The van der Waals surface area contributed by atoms with Gasteiger partial charge in [-0.2, -0.15) is 5.10 Å². The van der Waals surface area contributed by atoms with E-state index in [9.17, 15) is 0 Å². The molecule has 13 heavy (non-hydrogen) atoms. The molecule has 0 N–H and O–H groups in total. The predicted octanol–water partition coefficient (Wildman–Crippen LogP) is 2.71. The SMILES string of the molecule is C=Cc1nc(C)cn1/N=C\C.CC. The van der Waals surface area contributed by atoms with E-state index >= 15 is 0 Å². The summed E-state index contributed by atoms with van der Waals surface area (Å²) in [6, 6.07) is 0. The van der Waals surface area contributed by atoms with Crippen molar-refractivity contribution in [1.82, 2.24) is 9.66 Å². The Balaban J connectivity index is 0.000000671. The fourth-order valence-corrected chi connectivity index (χ4v) is 0.860. The molecule has 3 heteroatoms. The minimum absolute atomic E-state index is 0.778. The lowest BCUT2D eigenvalue weighted by Gasteiger charge is -1.92. The van der Waals surface area contributed by atoms with E-state index < -0.39 is 0 Å². The van der Waals surface area contributed by atoms with Crippen molar-refractivity contribution < 1.29 is 0 Å². The molecule has 72 valence electrons. The summed E-state index contributed by atoms with van der Waals surface area (Å²) < 4.78 is 1.70. The zero-order chi connectivity index (χ0) is 10.3. The maximum Gasteiger partial charge on any atom is 0.153 e. The van der Waals surface area contributed by atoms with Crippen LogP contribution in [0, 0.1) is 6.92 Å². The van der Waals surface area contributed by atoms with Crippen LogP contribution < -0.4 is 0 Å². The second-order valence-electron chi connectivity index (χ2n) is 2.16. The number of aromatic nitrogens is 2. The molecule has 0 aliphatic heterocycles. The molecule has 0 radical (unpaired) electrons. The molecule has 3 nitrogen and oxygen atoms in total. The molecule has 0 aliphatic carbocycles. The Morgan fingerprint density at radius 1 is 1.54 bits per heavy atom. The minimum atomic E-state index is 0.778. The third-order valence-electron chi connectivity index (χ3n) is 1.26. The monoisotopic (exact) mass is 179 g/mol. The molecule has 0 aliphatic rings. The van der Waals surface area contributed by atoms with Gasteiger partial charge in [0, 0.05) is 6.21 Å². The summed E-state index contributed by atoms with van der Waals surface area (Å²) >= 11 is 0. The van der Waals surface area contributed by atoms with Gasteiger partial charge in [-0.25, -0.2) is 9.66 Å². The Labute approximate surface area is 79.8 Å². The van der Waals surface area contributed by atoms with Gasteiger partial charge in [-0.05, 0) is 19.9 Å². The Hall–Kier alpha value is -1.38. The quantitative estimate of drug-likeness (QED) is 0.642. The van der Waals surface area contributed by atoms with Gasteiger partial charge in [0.05, 0.1) is 11.9 Å². The summed E-state index contributed by atoms with van der Waals surface area (Å²) in [5.74, 6) is 0.778. The fourth-order valence-electron chi connectivity index (χ4n) is 0.860. The van der Waals surface area contributed by atoms with Crippen molar-refractivity contribution in [2.45, 2.75) is 27.7 Å². The lowest BCUT2D eigenvalue weighted by atomic mass is 10.6. The van der Waals surface area contributed by atoms with Crippen molar-refractivity contribution in [2.24, 2.45) is 5.10 Å². The van der Waals surface area contributed by atoms with E-state index in [2.05, 4.69) is 16.7 Å². The van der Waals surface area contributed by atoms with Crippen molar-refractivity contribution in [3.8, 4) is 0 Å². The Morgan fingerprint density at radius 2 is 2.15 bits per heavy atom. The van der Waals surface area contributed by atoms with Crippen molar-refractivity contribution in [2.75, 3.05) is 0 Å². The van der Waals surface area contributed by atoms with Crippen LogP contribution in [0.3, 0.4) is 0 Å². The van der Waals surface area contributed by atoms with Gasteiger partial charge in [0.15, 0.2) is 5.82 Å². The molecule has 0 spiro atoms. The van der Waals surface area contributed by atoms with E-state index in [1.165, 1.54) is 0 Å². The van der Waals surface area contributed by atoms with Crippen molar-refractivity contribution >= 4 is 12.3 Å². The van der Waals surface area contributed by atoms with Gasteiger partial charge in [0.1, 0.15) is 0 Å². The first kappa shape index (κ1) is 11.6. The third kappa shape index (κ3) is 3.23. The fraction of sp³-hybridized carbons (Fsp3) is 0.400. The summed E-state index contributed by atoms with van der Waals surface area (Å²) in [4.78, 5) is 4.18.